The molecule has 0 radical (unpaired) electrons. The topological polar surface area (TPSA) is 90.1 Å². The van der Waals surface area contributed by atoms with Gasteiger partial charge >= 0.3 is 5.97 Å². The molecule has 0 aliphatic heterocycles. The minimum absolute atomic E-state index is 0.0497. The number of tetrazole rings is 1. The molecule has 1 unspecified atom stereocenters. The van der Waals surface area contributed by atoms with Crippen LogP contribution >= 0.6 is 0 Å². The Morgan fingerprint density at radius 3 is 2.16 bits per heavy atom. The van der Waals surface area contributed by atoms with E-state index in [1.807, 2.05) is 71.9 Å². The monoisotopic (exact) mass is 346 g/mol. The highest BCUT2D eigenvalue weighted by Crippen LogP contribution is 2.33. The maximum absolute atomic E-state index is 12.3. The highest BCUT2D eigenvalue weighted by Gasteiger charge is 2.49. The third-order valence-corrected chi connectivity index (χ3v) is 3.50. The summed E-state index contributed by atoms with van der Waals surface area (Å²) in [7, 11) is 0. The molecular weight excluding hydrogens is 320 g/mol. The van der Waals surface area contributed by atoms with Gasteiger partial charge in [-0.25, -0.2) is 4.79 Å². The van der Waals surface area contributed by atoms with E-state index in [2.05, 4.69) is 15.4 Å². The van der Waals surface area contributed by atoms with Crippen molar-refractivity contribution >= 4 is 5.97 Å². The first-order valence-corrected chi connectivity index (χ1v) is 8.22. The summed E-state index contributed by atoms with van der Waals surface area (Å²) in [6.07, 6.45) is 0.107. The average molecular weight is 346 g/mol. The highest BCUT2D eigenvalue weighted by molar-refractivity contribution is 5.78. The van der Waals surface area contributed by atoms with Crippen LogP contribution in [0.25, 0.3) is 0 Å². The van der Waals surface area contributed by atoms with Crippen molar-refractivity contribution in [2.75, 3.05) is 0 Å². The standard InChI is InChI=1S/C18H26N4O3/c1-16(2,3)22-20-14(19-21-22)18(15(23)24,25-17(4,5)6)12-13-10-8-7-9-11-13/h7-11H,12H2,1-6H3,(H,23,24). The Morgan fingerprint density at radius 2 is 1.72 bits per heavy atom. The van der Waals surface area contributed by atoms with Gasteiger partial charge in [-0.1, -0.05) is 30.3 Å². The van der Waals surface area contributed by atoms with Gasteiger partial charge in [0.25, 0.3) is 0 Å². The zero-order valence-corrected chi connectivity index (χ0v) is 15.6. The quantitative estimate of drug-likeness (QED) is 0.895. The summed E-state index contributed by atoms with van der Waals surface area (Å²) in [5.74, 6) is -1.09. The van der Waals surface area contributed by atoms with Gasteiger partial charge in [0.15, 0.2) is 0 Å². The maximum Gasteiger partial charge on any atom is 0.344 e. The zero-order chi connectivity index (χ0) is 18.9. The molecule has 1 aromatic heterocycles. The van der Waals surface area contributed by atoms with Crippen LogP contribution in [0.15, 0.2) is 30.3 Å². The Bertz CT molecular complexity index is 729. The average Bonchev–Trinajstić information content (AvgIpc) is 2.96. The Balaban J connectivity index is 2.57. The largest absolute Gasteiger partial charge is 0.479 e. The molecule has 0 amide bonds. The third kappa shape index (κ3) is 4.42. The van der Waals surface area contributed by atoms with Gasteiger partial charge < -0.3 is 9.84 Å². The van der Waals surface area contributed by atoms with E-state index in [0.717, 1.165) is 5.56 Å². The van der Waals surface area contributed by atoms with Crippen molar-refractivity contribution in [1.29, 1.82) is 0 Å². The van der Waals surface area contributed by atoms with Crippen LogP contribution in [0.3, 0.4) is 0 Å². The van der Waals surface area contributed by atoms with Crippen molar-refractivity contribution < 1.29 is 14.6 Å². The lowest BCUT2D eigenvalue weighted by Gasteiger charge is -2.34. The highest BCUT2D eigenvalue weighted by atomic mass is 16.5. The summed E-state index contributed by atoms with van der Waals surface area (Å²) < 4.78 is 6.02. The number of nitrogens with zero attached hydrogens (tertiary/aromatic N) is 4. The number of carboxylic acids is 1. The molecule has 25 heavy (non-hydrogen) atoms. The van der Waals surface area contributed by atoms with Gasteiger partial charge in [-0.2, -0.15) is 4.80 Å². The minimum atomic E-state index is -1.72. The summed E-state index contributed by atoms with van der Waals surface area (Å²) in [6, 6.07) is 9.32. The van der Waals surface area contributed by atoms with E-state index >= 15 is 0 Å². The van der Waals surface area contributed by atoms with Crippen molar-refractivity contribution in [3.8, 4) is 0 Å². The molecule has 1 atom stereocenters. The SMILES string of the molecule is CC(C)(C)OC(Cc1ccccc1)(C(=O)O)c1nnn(C(C)(C)C)n1. The summed E-state index contributed by atoms with van der Waals surface area (Å²) >= 11 is 0. The number of carboxylic acid groups (broad SMARTS) is 1. The van der Waals surface area contributed by atoms with Gasteiger partial charge in [0.05, 0.1) is 11.1 Å². The molecule has 1 aromatic carbocycles. The second-order valence-corrected chi connectivity index (χ2v) is 8.08. The van der Waals surface area contributed by atoms with E-state index < -0.39 is 22.7 Å². The molecule has 0 bridgehead atoms. The molecule has 7 nitrogen and oxygen atoms in total. The predicted molar refractivity (Wildman–Crippen MR) is 93.1 cm³/mol. The van der Waals surface area contributed by atoms with Crippen molar-refractivity contribution in [3.63, 3.8) is 0 Å². The number of carbonyl (C=O) groups is 1. The van der Waals surface area contributed by atoms with Crippen LogP contribution in [0.2, 0.25) is 0 Å². The van der Waals surface area contributed by atoms with Gasteiger partial charge in [-0.3, -0.25) is 0 Å². The second-order valence-electron chi connectivity index (χ2n) is 8.08. The zero-order valence-electron chi connectivity index (χ0n) is 15.6. The molecule has 0 fully saturated rings. The summed E-state index contributed by atoms with van der Waals surface area (Å²) in [5, 5.41) is 22.5. The first-order valence-electron chi connectivity index (χ1n) is 8.22. The molecule has 2 rings (SSSR count). The molecule has 1 N–H and O–H groups in total. The number of hydrogen-bond acceptors (Lipinski definition) is 5. The van der Waals surface area contributed by atoms with Crippen LogP contribution in [0.5, 0.6) is 0 Å². The van der Waals surface area contributed by atoms with Crippen molar-refractivity contribution in [2.45, 2.75) is 64.7 Å². The summed E-state index contributed by atoms with van der Waals surface area (Å²) in [5.41, 5.74) is -2.02. The minimum Gasteiger partial charge on any atom is -0.479 e. The Morgan fingerprint density at radius 1 is 1.12 bits per heavy atom. The first-order chi connectivity index (χ1) is 11.4. The summed E-state index contributed by atoms with van der Waals surface area (Å²) in [4.78, 5) is 13.7. The number of ether oxygens (including phenoxy) is 1. The number of aliphatic carboxylic acids is 1. The first kappa shape index (κ1) is 19.1. The van der Waals surface area contributed by atoms with E-state index in [9.17, 15) is 9.90 Å². The maximum atomic E-state index is 12.3. The van der Waals surface area contributed by atoms with E-state index in [-0.39, 0.29) is 12.2 Å². The number of hydrogen-bond donors (Lipinski definition) is 1. The molecule has 0 spiro atoms. The number of rotatable bonds is 5. The lowest BCUT2D eigenvalue weighted by molar-refractivity contribution is -0.189. The van der Waals surface area contributed by atoms with Gasteiger partial charge in [-0.15, -0.1) is 10.2 Å². The Hall–Kier alpha value is -2.28. The van der Waals surface area contributed by atoms with Gasteiger partial charge in [0.1, 0.15) is 0 Å². The van der Waals surface area contributed by atoms with Gasteiger partial charge in [-0.05, 0) is 52.3 Å². The molecule has 136 valence electrons. The fourth-order valence-electron chi connectivity index (χ4n) is 2.44. The Kier molecular flexibility index (Phi) is 4.99. The van der Waals surface area contributed by atoms with Crippen molar-refractivity contribution in [2.24, 2.45) is 0 Å². The van der Waals surface area contributed by atoms with E-state index in [4.69, 9.17) is 4.74 Å². The number of aromatic nitrogens is 4. The molecule has 1 heterocycles. The third-order valence-electron chi connectivity index (χ3n) is 3.50. The molecule has 0 saturated carbocycles. The molecule has 0 aliphatic rings. The molecule has 0 saturated heterocycles. The smallest absolute Gasteiger partial charge is 0.344 e. The summed E-state index contributed by atoms with van der Waals surface area (Å²) in [6.45, 7) is 11.2. The molecule has 7 heteroatoms. The molecular formula is C18H26N4O3. The van der Waals surface area contributed by atoms with Gasteiger partial charge in [0, 0.05) is 6.42 Å². The van der Waals surface area contributed by atoms with Crippen LogP contribution in [-0.2, 0) is 27.1 Å². The molecule has 2 aromatic rings. The van der Waals surface area contributed by atoms with E-state index in [1.165, 1.54) is 4.80 Å². The van der Waals surface area contributed by atoms with Crippen LogP contribution in [0, 0.1) is 0 Å². The fourth-order valence-corrected chi connectivity index (χ4v) is 2.44. The van der Waals surface area contributed by atoms with E-state index in [0.29, 0.717) is 0 Å². The van der Waals surface area contributed by atoms with Gasteiger partial charge in [0.2, 0.25) is 11.4 Å². The fraction of sp³-hybridized carbons (Fsp3) is 0.556. The molecule has 0 aliphatic carbocycles. The lowest BCUT2D eigenvalue weighted by atomic mass is 9.92. The normalized spacial score (nSPS) is 15.0. The van der Waals surface area contributed by atoms with Crippen LogP contribution in [0.1, 0.15) is 52.9 Å². The second kappa shape index (κ2) is 6.55. The van der Waals surface area contributed by atoms with Crippen LogP contribution in [0.4, 0.5) is 0 Å². The van der Waals surface area contributed by atoms with Crippen LogP contribution < -0.4 is 0 Å². The predicted octanol–water partition coefficient (Wildman–Crippen LogP) is 2.77. The number of benzene rings is 1. The lowest BCUT2D eigenvalue weighted by Crippen LogP contribution is -2.47. The van der Waals surface area contributed by atoms with Crippen LogP contribution in [-0.4, -0.2) is 36.9 Å². The van der Waals surface area contributed by atoms with Crippen molar-refractivity contribution in [1.82, 2.24) is 20.2 Å². The van der Waals surface area contributed by atoms with Crippen molar-refractivity contribution in [3.05, 3.63) is 41.7 Å². The van der Waals surface area contributed by atoms with E-state index in [1.54, 1.807) is 0 Å². The Labute approximate surface area is 148 Å².